The Morgan fingerprint density at radius 3 is 2.62 bits per heavy atom. The number of halogens is 2. The van der Waals surface area contributed by atoms with E-state index in [2.05, 4.69) is 27.9 Å². The maximum atomic E-state index is 13.1. The van der Waals surface area contributed by atoms with Crippen molar-refractivity contribution in [1.82, 2.24) is 0 Å². The number of ether oxygens (including phenoxy) is 1. The first-order valence-electron chi connectivity index (χ1n) is 6.41. The topological polar surface area (TPSA) is 45.0 Å². The van der Waals surface area contributed by atoms with Gasteiger partial charge < -0.3 is 10.1 Å². The second-order valence-electron chi connectivity index (χ2n) is 4.51. The van der Waals surface area contributed by atoms with Gasteiger partial charge in [-0.15, -0.1) is 0 Å². The second kappa shape index (κ2) is 7.27. The number of benzene rings is 2. The van der Waals surface area contributed by atoms with Gasteiger partial charge in [0.05, 0.1) is 0 Å². The molecule has 0 heterocycles. The molecule has 108 valence electrons. The number of nitrogens with one attached hydrogen (secondary N) is 1. The van der Waals surface area contributed by atoms with Crippen LogP contribution in [0.1, 0.15) is 18.5 Å². The molecule has 0 radical (unpaired) electrons. The number of rotatable bonds is 5. The fourth-order valence-electron chi connectivity index (χ4n) is 1.89. The van der Waals surface area contributed by atoms with Crippen LogP contribution in [0.3, 0.4) is 0 Å². The van der Waals surface area contributed by atoms with E-state index in [4.69, 9.17) is 10.00 Å². The van der Waals surface area contributed by atoms with Crippen LogP contribution >= 0.6 is 22.6 Å². The summed E-state index contributed by atoms with van der Waals surface area (Å²) in [6.45, 7) is 2.07. The molecule has 0 aliphatic rings. The van der Waals surface area contributed by atoms with Crippen molar-refractivity contribution in [2.24, 2.45) is 0 Å². The van der Waals surface area contributed by atoms with Gasteiger partial charge in [0.15, 0.2) is 6.61 Å². The summed E-state index contributed by atoms with van der Waals surface area (Å²) in [7, 11) is 0. The molecule has 0 aromatic heterocycles. The first kappa shape index (κ1) is 15.6. The third kappa shape index (κ3) is 4.33. The smallest absolute Gasteiger partial charge is 0.174 e. The van der Waals surface area contributed by atoms with E-state index in [1.165, 1.54) is 12.1 Å². The normalized spacial score (nSPS) is 11.5. The molecule has 0 spiro atoms. The van der Waals surface area contributed by atoms with Crippen LogP contribution in [0, 0.1) is 20.7 Å². The molecule has 3 nitrogen and oxygen atoms in total. The predicted octanol–water partition coefficient (Wildman–Crippen LogP) is 4.51. The van der Waals surface area contributed by atoms with Crippen molar-refractivity contribution in [3.8, 4) is 11.8 Å². The monoisotopic (exact) mass is 396 g/mol. The number of nitrogens with zero attached hydrogens (tertiary/aromatic N) is 1. The molecule has 2 rings (SSSR count). The van der Waals surface area contributed by atoms with Crippen LogP contribution in [0.15, 0.2) is 42.5 Å². The van der Waals surface area contributed by atoms with E-state index in [1.807, 2.05) is 37.3 Å². The molecule has 0 aliphatic carbocycles. The lowest BCUT2D eigenvalue weighted by molar-refractivity contribution is 0.368. The van der Waals surface area contributed by atoms with E-state index >= 15 is 0 Å². The lowest BCUT2D eigenvalue weighted by Crippen LogP contribution is -2.08. The lowest BCUT2D eigenvalue weighted by atomic mass is 10.1. The molecule has 0 bridgehead atoms. The molecule has 0 fully saturated rings. The van der Waals surface area contributed by atoms with E-state index in [0.717, 1.165) is 14.8 Å². The molecule has 1 N–H and O–H groups in total. The average molecular weight is 396 g/mol. The first-order chi connectivity index (χ1) is 10.1. The maximum Gasteiger partial charge on any atom is 0.174 e. The van der Waals surface area contributed by atoms with Gasteiger partial charge in [-0.05, 0) is 65.4 Å². The highest BCUT2D eigenvalue weighted by Crippen LogP contribution is 2.25. The van der Waals surface area contributed by atoms with Crippen molar-refractivity contribution in [3.05, 3.63) is 57.4 Å². The zero-order chi connectivity index (χ0) is 15.2. The molecule has 2 aromatic rings. The summed E-state index contributed by atoms with van der Waals surface area (Å²) < 4.78 is 19.1. The molecular formula is C16H14FIN2O. The van der Waals surface area contributed by atoms with Crippen molar-refractivity contribution in [2.75, 3.05) is 11.9 Å². The number of hydrogen-bond acceptors (Lipinski definition) is 3. The largest absolute Gasteiger partial charge is 0.479 e. The Balaban J connectivity index is 2.06. The van der Waals surface area contributed by atoms with Gasteiger partial charge >= 0.3 is 0 Å². The highest BCUT2D eigenvalue weighted by atomic mass is 127. The molecule has 5 heteroatoms. The van der Waals surface area contributed by atoms with Gasteiger partial charge in [0.2, 0.25) is 0 Å². The third-order valence-corrected chi connectivity index (χ3v) is 3.88. The Labute approximate surface area is 136 Å². The molecule has 1 atom stereocenters. The maximum absolute atomic E-state index is 13.1. The van der Waals surface area contributed by atoms with E-state index < -0.39 is 0 Å². The van der Waals surface area contributed by atoms with Gasteiger partial charge in [-0.2, -0.15) is 5.26 Å². The number of hydrogen-bond donors (Lipinski definition) is 1. The summed E-state index contributed by atoms with van der Waals surface area (Å²) in [6.07, 6.45) is 0. The molecule has 0 amide bonds. The number of nitriles is 1. The summed E-state index contributed by atoms with van der Waals surface area (Å²) in [5.74, 6) is 0.431. The van der Waals surface area contributed by atoms with Crippen LogP contribution < -0.4 is 10.1 Å². The quantitative estimate of drug-likeness (QED) is 0.757. The minimum Gasteiger partial charge on any atom is -0.479 e. The van der Waals surface area contributed by atoms with Crippen molar-refractivity contribution in [3.63, 3.8) is 0 Å². The van der Waals surface area contributed by atoms with Crippen LogP contribution in [-0.2, 0) is 0 Å². The Bertz CT molecular complexity index is 652. The Morgan fingerprint density at radius 1 is 1.29 bits per heavy atom. The standard InChI is InChI=1S/C16H14FIN2O/c1-11(20-16-7-4-13(17)10-15(16)18)12-2-5-14(6-3-12)21-9-8-19/h2-7,10-11,20H,9H2,1H3. The summed E-state index contributed by atoms with van der Waals surface area (Å²) in [5, 5.41) is 11.8. The van der Waals surface area contributed by atoms with Gasteiger partial charge in [-0.3, -0.25) is 0 Å². The summed E-state index contributed by atoms with van der Waals surface area (Å²) in [4.78, 5) is 0. The lowest BCUT2D eigenvalue weighted by Gasteiger charge is -2.17. The molecule has 1 unspecified atom stereocenters. The van der Waals surface area contributed by atoms with Gasteiger partial charge in [0.1, 0.15) is 17.6 Å². The highest BCUT2D eigenvalue weighted by molar-refractivity contribution is 14.1. The van der Waals surface area contributed by atoms with Gasteiger partial charge in [0.25, 0.3) is 0 Å². The highest BCUT2D eigenvalue weighted by Gasteiger charge is 2.08. The van der Waals surface area contributed by atoms with Gasteiger partial charge in [-0.1, -0.05) is 12.1 Å². The Kier molecular flexibility index (Phi) is 5.39. The predicted molar refractivity (Wildman–Crippen MR) is 88.7 cm³/mol. The van der Waals surface area contributed by atoms with Crippen LogP contribution in [-0.4, -0.2) is 6.61 Å². The fourth-order valence-corrected chi connectivity index (χ4v) is 2.52. The minimum atomic E-state index is -0.239. The summed E-state index contributed by atoms with van der Waals surface area (Å²) >= 11 is 2.11. The Morgan fingerprint density at radius 2 is 2.00 bits per heavy atom. The van der Waals surface area contributed by atoms with E-state index in [9.17, 15) is 4.39 Å². The molecule has 2 aromatic carbocycles. The zero-order valence-electron chi connectivity index (χ0n) is 11.4. The molecule has 0 saturated carbocycles. The first-order valence-corrected chi connectivity index (χ1v) is 7.49. The zero-order valence-corrected chi connectivity index (χ0v) is 13.6. The third-order valence-electron chi connectivity index (χ3n) is 2.99. The average Bonchev–Trinajstić information content (AvgIpc) is 2.48. The fraction of sp³-hybridized carbons (Fsp3) is 0.188. The van der Waals surface area contributed by atoms with E-state index in [-0.39, 0.29) is 18.5 Å². The van der Waals surface area contributed by atoms with Gasteiger partial charge in [0, 0.05) is 15.3 Å². The van der Waals surface area contributed by atoms with Crippen molar-refractivity contribution >= 4 is 28.3 Å². The van der Waals surface area contributed by atoms with E-state index in [0.29, 0.717) is 5.75 Å². The minimum absolute atomic E-state index is 0.0426. The van der Waals surface area contributed by atoms with Crippen LogP contribution in [0.2, 0.25) is 0 Å². The second-order valence-corrected chi connectivity index (χ2v) is 5.67. The van der Waals surface area contributed by atoms with Crippen LogP contribution in [0.5, 0.6) is 5.75 Å². The van der Waals surface area contributed by atoms with Crippen LogP contribution in [0.4, 0.5) is 10.1 Å². The molecule has 21 heavy (non-hydrogen) atoms. The molecular weight excluding hydrogens is 382 g/mol. The van der Waals surface area contributed by atoms with Crippen LogP contribution in [0.25, 0.3) is 0 Å². The van der Waals surface area contributed by atoms with Crippen molar-refractivity contribution in [1.29, 1.82) is 5.26 Å². The molecule has 0 aliphatic heterocycles. The van der Waals surface area contributed by atoms with E-state index in [1.54, 1.807) is 6.07 Å². The SMILES string of the molecule is CC(Nc1ccc(F)cc1I)c1ccc(OCC#N)cc1. The van der Waals surface area contributed by atoms with Gasteiger partial charge in [-0.25, -0.2) is 4.39 Å². The Hall–Kier alpha value is -1.81. The van der Waals surface area contributed by atoms with Crippen molar-refractivity contribution in [2.45, 2.75) is 13.0 Å². The number of anilines is 1. The van der Waals surface area contributed by atoms with Crippen molar-refractivity contribution < 1.29 is 9.13 Å². The summed E-state index contributed by atoms with van der Waals surface area (Å²) in [6, 6.07) is 14.2. The summed E-state index contributed by atoms with van der Waals surface area (Å²) in [5.41, 5.74) is 1.98. The molecule has 0 saturated heterocycles.